The van der Waals surface area contributed by atoms with Crippen LogP contribution in [-0.4, -0.2) is 141 Å². The van der Waals surface area contributed by atoms with E-state index in [9.17, 15) is 43.2 Å². The van der Waals surface area contributed by atoms with E-state index < -0.39 is 90.0 Å². The standard InChI is InChI=1S/C48H67N7O12S/c1-11-29(6)40(52-44(63)41(28(4)5)54(10)36(57)19-15-16-22-55-37(58)20-21-38(55)59)46(64)53(9)34(27(2)3)24-35(66-30(7)56)45-51-33(26-68-45)43(62)50-32(23-31-17-13-12-14-18-31)42-48(8,67-42)47(65)49-25-39(60)61/h12-14,17-18,20-21,26-29,32,34-35,40-42H,11,15-16,19,22-25H2,1-10H3,(H,49,65)(H,50,62)(H,52,63)(H,60,61)/t29-,32-,34+,35+,40-,41+,42?,48?/m0/s1. The number of carbonyl (C=O) groups excluding carboxylic acids is 8. The van der Waals surface area contributed by atoms with Crippen LogP contribution < -0.4 is 16.0 Å². The SMILES string of the molecule is CC[C@H](C)[C@H](NC(=O)[C@@H](C(C)C)N(C)C(=O)CCCCN1C(=O)C=CC1=O)C(=O)N(C)[C@H](C[C@@H](OC(C)=O)c1nc(C(=O)N[C@@H](Cc2ccccc2)C2OC2(C)C(=O)NCC(=O)O)cs1)C(C)C. The third-order valence-corrected chi connectivity index (χ3v) is 13.4. The maximum absolute atomic E-state index is 14.6. The number of amides is 7. The molecule has 0 spiro atoms. The predicted octanol–water partition coefficient (Wildman–Crippen LogP) is 3.43. The summed E-state index contributed by atoms with van der Waals surface area (Å²) in [5.74, 6) is -5.86. The summed E-state index contributed by atoms with van der Waals surface area (Å²) in [6.45, 7) is 13.5. The number of ether oxygens (including phenoxy) is 2. The molecule has 372 valence electrons. The molecule has 0 bridgehead atoms. The van der Waals surface area contributed by atoms with Crippen molar-refractivity contribution in [3.05, 3.63) is 64.1 Å². The van der Waals surface area contributed by atoms with Crippen molar-refractivity contribution in [3.8, 4) is 0 Å². The van der Waals surface area contributed by atoms with Gasteiger partial charge < -0.3 is 40.3 Å². The summed E-state index contributed by atoms with van der Waals surface area (Å²) < 4.78 is 11.6. The van der Waals surface area contributed by atoms with E-state index >= 15 is 0 Å². The third-order valence-electron chi connectivity index (χ3n) is 12.5. The van der Waals surface area contributed by atoms with Gasteiger partial charge in [0.1, 0.15) is 35.4 Å². The van der Waals surface area contributed by atoms with Crippen molar-refractivity contribution < 1.29 is 57.7 Å². The number of benzene rings is 1. The summed E-state index contributed by atoms with van der Waals surface area (Å²) in [4.78, 5) is 125. The van der Waals surface area contributed by atoms with Crippen LogP contribution in [0.1, 0.15) is 115 Å². The zero-order chi connectivity index (χ0) is 50.6. The van der Waals surface area contributed by atoms with Crippen LogP contribution in [0.25, 0.3) is 0 Å². The van der Waals surface area contributed by atoms with Crippen molar-refractivity contribution in [1.82, 2.24) is 35.6 Å². The van der Waals surface area contributed by atoms with Crippen molar-refractivity contribution in [2.75, 3.05) is 27.2 Å². The lowest BCUT2D eigenvalue weighted by Crippen LogP contribution is -2.59. The van der Waals surface area contributed by atoms with Crippen molar-refractivity contribution in [2.24, 2.45) is 17.8 Å². The number of carboxylic acid groups (broad SMARTS) is 1. The molecule has 1 fully saturated rings. The van der Waals surface area contributed by atoms with E-state index in [2.05, 4.69) is 20.9 Å². The Bertz CT molecular complexity index is 2180. The molecule has 19 nitrogen and oxygen atoms in total. The molecule has 2 aliphatic rings. The molecule has 2 aliphatic heterocycles. The van der Waals surface area contributed by atoms with Gasteiger partial charge in [0, 0.05) is 64.0 Å². The van der Waals surface area contributed by atoms with Crippen LogP contribution >= 0.6 is 11.3 Å². The predicted molar refractivity (Wildman–Crippen MR) is 250 cm³/mol. The van der Waals surface area contributed by atoms with Crippen LogP contribution in [0.5, 0.6) is 0 Å². The molecule has 2 unspecified atom stereocenters. The largest absolute Gasteiger partial charge is 0.480 e. The van der Waals surface area contributed by atoms with Crippen LogP contribution in [0, 0.1) is 17.8 Å². The summed E-state index contributed by atoms with van der Waals surface area (Å²) in [6.07, 6.45) is 2.43. The first kappa shape index (κ1) is 54.6. The van der Waals surface area contributed by atoms with Crippen LogP contribution in [0.15, 0.2) is 47.9 Å². The first-order valence-electron chi connectivity index (χ1n) is 23.0. The Kier molecular flexibility index (Phi) is 19.5. The van der Waals surface area contributed by atoms with E-state index in [0.717, 1.165) is 21.8 Å². The van der Waals surface area contributed by atoms with Gasteiger partial charge in [-0.3, -0.25) is 48.1 Å². The maximum atomic E-state index is 14.6. The second-order valence-electron chi connectivity index (χ2n) is 18.3. The number of carboxylic acids is 1. The van der Waals surface area contributed by atoms with Crippen LogP contribution in [0.2, 0.25) is 0 Å². The van der Waals surface area contributed by atoms with E-state index in [1.54, 1.807) is 14.1 Å². The van der Waals surface area contributed by atoms with Gasteiger partial charge >= 0.3 is 11.9 Å². The fourth-order valence-electron chi connectivity index (χ4n) is 8.35. The topological polar surface area (TPSA) is 254 Å². The lowest BCUT2D eigenvalue weighted by atomic mass is 9.92. The van der Waals surface area contributed by atoms with Gasteiger partial charge in [0.15, 0.2) is 11.7 Å². The highest BCUT2D eigenvalue weighted by molar-refractivity contribution is 7.09. The Morgan fingerprint density at radius 2 is 1.59 bits per heavy atom. The van der Waals surface area contributed by atoms with Gasteiger partial charge in [-0.15, -0.1) is 11.3 Å². The summed E-state index contributed by atoms with van der Waals surface area (Å²) in [5, 5.41) is 19.1. The number of aliphatic carboxylic acids is 1. The van der Waals surface area contributed by atoms with E-state index in [1.165, 1.54) is 41.2 Å². The fourth-order valence-corrected chi connectivity index (χ4v) is 9.19. The zero-order valence-electron chi connectivity index (χ0n) is 40.6. The van der Waals surface area contributed by atoms with E-state index in [4.69, 9.17) is 14.6 Å². The Morgan fingerprint density at radius 1 is 0.941 bits per heavy atom. The number of esters is 1. The highest BCUT2D eigenvalue weighted by Gasteiger charge is 2.62. The van der Waals surface area contributed by atoms with Crippen molar-refractivity contribution in [3.63, 3.8) is 0 Å². The minimum Gasteiger partial charge on any atom is -0.480 e. The highest BCUT2D eigenvalue weighted by atomic mass is 32.1. The van der Waals surface area contributed by atoms with Gasteiger partial charge in [0.25, 0.3) is 23.6 Å². The number of hydrogen-bond donors (Lipinski definition) is 4. The van der Waals surface area contributed by atoms with Crippen molar-refractivity contribution in [2.45, 2.75) is 136 Å². The first-order valence-corrected chi connectivity index (χ1v) is 23.9. The average molecular weight is 966 g/mol. The van der Waals surface area contributed by atoms with Gasteiger partial charge in [-0.2, -0.15) is 0 Å². The molecule has 0 saturated carbocycles. The molecule has 0 radical (unpaired) electrons. The molecule has 68 heavy (non-hydrogen) atoms. The Hall–Kier alpha value is -6.02. The first-order chi connectivity index (χ1) is 32.0. The molecule has 20 heteroatoms. The number of carbonyl (C=O) groups is 9. The summed E-state index contributed by atoms with van der Waals surface area (Å²) >= 11 is 1.09. The molecule has 7 amide bonds. The Morgan fingerprint density at radius 3 is 2.16 bits per heavy atom. The average Bonchev–Trinajstić information content (AvgIpc) is 3.56. The second-order valence-corrected chi connectivity index (χ2v) is 19.2. The van der Waals surface area contributed by atoms with E-state index in [1.807, 2.05) is 71.9 Å². The number of nitrogens with zero attached hydrogens (tertiary/aromatic N) is 4. The number of epoxide rings is 1. The minimum absolute atomic E-state index is 0.0127. The molecule has 0 aliphatic carbocycles. The number of imide groups is 1. The van der Waals surface area contributed by atoms with Crippen molar-refractivity contribution >= 4 is 64.6 Å². The molecule has 1 saturated heterocycles. The molecular weight excluding hydrogens is 899 g/mol. The maximum Gasteiger partial charge on any atom is 0.322 e. The molecular formula is C48H67N7O12S. The monoisotopic (exact) mass is 965 g/mol. The fraction of sp³-hybridized carbons (Fsp3) is 0.583. The number of hydrogen-bond acceptors (Lipinski definition) is 13. The highest BCUT2D eigenvalue weighted by Crippen LogP contribution is 2.40. The quantitative estimate of drug-likeness (QED) is 0.0457. The van der Waals surface area contributed by atoms with Gasteiger partial charge in [-0.05, 0) is 49.5 Å². The summed E-state index contributed by atoms with van der Waals surface area (Å²) in [5.41, 5.74) is -0.534. The smallest absolute Gasteiger partial charge is 0.322 e. The van der Waals surface area contributed by atoms with Crippen LogP contribution in [0.4, 0.5) is 0 Å². The van der Waals surface area contributed by atoms with Gasteiger partial charge in [-0.25, -0.2) is 4.98 Å². The summed E-state index contributed by atoms with van der Waals surface area (Å²) in [7, 11) is 3.17. The molecule has 3 heterocycles. The normalized spacial score (nSPS) is 19.1. The Labute approximate surface area is 401 Å². The lowest BCUT2D eigenvalue weighted by Gasteiger charge is -2.38. The van der Waals surface area contributed by atoms with Crippen LogP contribution in [-0.2, 0) is 54.3 Å². The third kappa shape index (κ3) is 14.3. The lowest BCUT2D eigenvalue weighted by molar-refractivity contribution is -0.149. The minimum atomic E-state index is -1.39. The number of aromatic nitrogens is 1. The zero-order valence-corrected chi connectivity index (χ0v) is 41.4. The van der Waals surface area contributed by atoms with Gasteiger partial charge in [0.2, 0.25) is 17.7 Å². The van der Waals surface area contributed by atoms with Gasteiger partial charge in [0.05, 0.1) is 6.04 Å². The number of nitrogens with one attached hydrogen (secondary N) is 3. The second kappa shape index (κ2) is 24.3. The molecule has 4 rings (SSSR count). The van der Waals surface area contributed by atoms with Crippen molar-refractivity contribution in [1.29, 1.82) is 0 Å². The number of thiazole rings is 1. The number of unbranched alkanes of at least 4 members (excludes halogenated alkanes) is 1. The molecule has 1 aromatic heterocycles. The van der Waals surface area contributed by atoms with Crippen LogP contribution in [0.3, 0.4) is 0 Å². The van der Waals surface area contributed by atoms with Gasteiger partial charge in [-0.1, -0.05) is 78.3 Å². The molecule has 8 atom stereocenters. The molecule has 4 N–H and O–H groups in total. The summed E-state index contributed by atoms with van der Waals surface area (Å²) in [6, 6.07) is 6.05. The number of rotatable bonds is 26. The van der Waals surface area contributed by atoms with E-state index in [-0.39, 0.29) is 61.1 Å². The van der Waals surface area contributed by atoms with E-state index in [0.29, 0.717) is 24.3 Å². The molecule has 2 aromatic rings. The molecule has 1 aromatic carbocycles. The Balaban J connectivity index is 1.48. The number of likely N-dealkylation sites (N-methyl/N-ethyl adjacent to an activating group) is 2.